The van der Waals surface area contributed by atoms with Crippen LogP contribution < -0.4 is 3.79 Å². The monoisotopic (exact) mass is 323 g/mol. The van der Waals surface area contributed by atoms with Crippen molar-refractivity contribution < 1.29 is 3.79 Å². The van der Waals surface area contributed by atoms with Crippen molar-refractivity contribution >= 4 is 26.3 Å². The number of allylic oxidation sites excluding steroid dienone is 6. The van der Waals surface area contributed by atoms with Crippen LogP contribution in [0, 0.1) is 0 Å². The third kappa shape index (κ3) is 7.32. The molecule has 0 aliphatic heterocycles. The molecule has 0 amide bonds. The van der Waals surface area contributed by atoms with Gasteiger partial charge in [-0.1, -0.05) is 52.2 Å². The summed E-state index contributed by atoms with van der Waals surface area (Å²) < 4.78 is 7.37. The topological polar surface area (TPSA) is 21.6 Å². The summed E-state index contributed by atoms with van der Waals surface area (Å²) in [6.45, 7) is 10.1. The van der Waals surface area contributed by atoms with Gasteiger partial charge in [0.05, 0.1) is 5.75 Å². The second kappa shape index (κ2) is 10.1. The van der Waals surface area contributed by atoms with Crippen LogP contribution in [0.2, 0.25) is 5.79 Å². The average molecular weight is 323 g/mol. The van der Waals surface area contributed by atoms with Gasteiger partial charge < -0.3 is 3.79 Å². The van der Waals surface area contributed by atoms with Gasteiger partial charge in [-0.05, 0) is 44.5 Å². The minimum Gasteiger partial charge on any atom is -0.640 e. The molecule has 3 heteroatoms. The normalized spacial score (nSPS) is 12.2. The van der Waals surface area contributed by atoms with Crippen molar-refractivity contribution in [2.24, 2.45) is 4.99 Å². The highest BCUT2D eigenvalue weighted by atomic mass is 27.2. The molecule has 120 valence electrons. The van der Waals surface area contributed by atoms with Gasteiger partial charge in [0.1, 0.15) is 0 Å². The van der Waals surface area contributed by atoms with E-state index in [-0.39, 0.29) is 0 Å². The van der Waals surface area contributed by atoms with Gasteiger partial charge in [0.2, 0.25) is 0 Å². The summed E-state index contributed by atoms with van der Waals surface area (Å²) in [6.07, 6.45) is 10.2. The summed E-state index contributed by atoms with van der Waals surface area (Å²) in [5.74, 6) is 3.07. The van der Waals surface area contributed by atoms with E-state index in [0.29, 0.717) is 0 Å². The van der Waals surface area contributed by atoms with Gasteiger partial charge >= 0.3 is 14.5 Å². The van der Waals surface area contributed by atoms with Gasteiger partial charge in [-0.3, -0.25) is 4.99 Å². The van der Waals surface area contributed by atoms with Crippen molar-refractivity contribution in [2.75, 3.05) is 7.05 Å². The van der Waals surface area contributed by atoms with E-state index in [0.717, 1.165) is 17.0 Å². The second-order valence-electron chi connectivity index (χ2n) is 5.65. The summed E-state index contributed by atoms with van der Waals surface area (Å²) >= 11 is -1.52. The van der Waals surface area contributed by atoms with Crippen LogP contribution in [-0.4, -0.2) is 27.2 Å². The van der Waals surface area contributed by atoms with E-state index < -0.39 is 14.5 Å². The van der Waals surface area contributed by atoms with Crippen molar-refractivity contribution in [3.8, 4) is 5.75 Å². The zero-order chi connectivity index (χ0) is 17.2. The summed E-state index contributed by atoms with van der Waals surface area (Å²) in [5.41, 5.74) is 3.38. The van der Waals surface area contributed by atoms with Crippen molar-refractivity contribution in [3.05, 3.63) is 70.7 Å². The molecule has 1 aromatic carbocycles. The molecule has 0 spiro atoms. The largest absolute Gasteiger partial charge is 0.640 e. The van der Waals surface area contributed by atoms with Gasteiger partial charge in [0.25, 0.3) is 0 Å². The lowest BCUT2D eigenvalue weighted by Crippen LogP contribution is -2.19. The van der Waals surface area contributed by atoms with E-state index in [1.165, 1.54) is 10.0 Å². The molecule has 0 aliphatic rings. The van der Waals surface area contributed by atoms with Gasteiger partial charge in [0.15, 0.2) is 0 Å². The lowest BCUT2D eigenvalue weighted by molar-refractivity contribution is 0.583. The minimum absolute atomic E-state index is 0.905. The molecule has 0 aliphatic carbocycles. The number of benzene rings is 1. The van der Waals surface area contributed by atoms with Gasteiger partial charge in [-0.25, -0.2) is 0 Å². The van der Waals surface area contributed by atoms with Crippen LogP contribution in [0.25, 0.3) is 6.08 Å². The van der Waals surface area contributed by atoms with Crippen molar-refractivity contribution in [1.82, 2.24) is 0 Å². The SMILES string of the molecule is C=C/[C](=C\C=C(C)C)[Al]([CH3])[O]c1cccc(/C=C\C(C)=NC)c1. The fraction of sp³-hybridized carbons (Fsp3) is 0.250. The Kier molecular flexibility index (Phi) is 8.40. The Morgan fingerprint density at radius 3 is 2.57 bits per heavy atom. The highest BCUT2D eigenvalue weighted by Crippen LogP contribution is 2.17. The van der Waals surface area contributed by atoms with Crippen LogP contribution in [0.1, 0.15) is 26.3 Å². The Labute approximate surface area is 145 Å². The summed E-state index contributed by atoms with van der Waals surface area (Å²) in [4.78, 5) is 4.12. The van der Waals surface area contributed by atoms with E-state index >= 15 is 0 Å². The van der Waals surface area contributed by atoms with Gasteiger partial charge in [0, 0.05) is 12.8 Å². The number of hydrogen-bond donors (Lipinski definition) is 0. The summed E-state index contributed by atoms with van der Waals surface area (Å²) in [6, 6.07) is 8.14. The zero-order valence-corrected chi connectivity index (χ0v) is 16.0. The van der Waals surface area contributed by atoms with Crippen LogP contribution in [0.3, 0.4) is 0 Å². The maximum absolute atomic E-state index is 6.18. The molecule has 1 aromatic rings. The Morgan fingerprint density at radius 1 is 1.22 bits per heavy atom. The average Bonchev–Trinajstić information content (AvgIpc) is 2.53. The zero-order valence-electron chi connectivity index (χ0n) is 14.8. The molecule has 0 radical (unpaired) electrons. The molecular formula is C20H26AlNO. The molecule has 0 saturated carbocycles. The summed E-state index contributed by atoms with van der Waals surface area (Å²) in [5, 5.41) is 0. The Morgan fingerprint density at radius 2 is 1.96 bits per heavy atom. The number of aliphatic imine (C=N–C) groups is 1. The van der Waals surface area contributed by atoms with E-state index in [9.17, 15) is 0 Å². The van der Waals surface area contributed by atoms with Crippen LogP contribution >= 0.6 is 0 Å². The maximum Gasteiger partial charge on any atom is 0.585 e. The first-order chi connectivity index (χ1) is 11.0. The fourth-order valence-corrected chi connectivity index (χ4v) is 3.28. The minimum atomic E-state index is -1.52. The Balaban J connectivity index is 2.88. The molecule has 0 heterocycles. The van der Waals surface area contributed by atoms with E-state index in [1.54, 1.807) is 7.05 Å². The molecule has 0 N–H and O–H groups in total. The first-order valence-electron chi connectivity index (χ1n) is 7.82. The molecule has 0 aromatic heterocycles. The Bertz CT molecular complexity index is 649. The van der Waals surface area contributed by atoms with Crippen LogP contribution in [0.15, 0.2) is 70.1 Å². The highest BCUT2D eigenvalue weighted by molar-refractivity contribution is 6.60. The summed E-state index contributed by atoms with van der Waals surface area (Å²) in [7, 11) is 1.79. The quantitative estimate of drug-likeness (QED) is 0.373. The molecular weight excluding hydrogens is 297 g/mol. The maximum atomic E-state index is 6.18. The molecule has 0 fully saturated rings. The molecule has 1 rings (SSSR count). The molecule has 23 heavy (non-hydrogen) atoms. The smallest absolute Gasteiger partial charge is 0.585 e. The standard InChI is InChI=1S/C11H13NO.C8H11.CH3.Al/c1-9(12-2)6-7-10-4-3-5-11(13)8-10;1-4-5-6-7-8(2)3;;/h3-8,13H,1-2H3;4,6-7H,1H2,2-3H3;1H3;/q;;;+1/p-1/b7-6-,12-9?;;;. The first kappa shape index (κ1) is 19.2. The van der Waals surface area contributed by atoms with E-state index in [2.05, 4.69) is 61.6 Å². The fourth-order valence-electron chi connectivity index (χ4n) is 1.89. The van der Waals surface area contributed by atoms with Crippen LogP contribution in [0.5, 0.6) is 5.75 Å². The number of hydrogen-bond acceptors (Lipinski definition) is 2. The van der Waals surface area contributed by atoms with Crippen molar-refractivity contribution in [2.45, 2.75) is 26.6 Å². The van der Waals surface area contributed by atoms with Crippen LogP contribution in [0.4, 0.5) is 0 Å². The predicted octanol–water partition coefficient (Wildman–Crippen LogP) is 5.41. The molecule has 0 unspecified atom stereocenters. The van der Waals surface area contributed by atoms with E-state index in [4.69, 9.17) is 3.79 Å². The van der Waals surface area contributed by atoms with E-state index in [1.807, 2.05) is 31.2 Å². The van der Waals surface area contributed by atoms with Crippen molar-refractivity contribution in [1.29, 1.82) is 0 Å². The molecule has 0 atom stereocenters. The lowest BCUT2D eigenvalue weighted by Gasteiger charge is -2.13. The lowest BCUT2D eigenvalue weighted by atomic mass is 10.2. The molecule has 2 nitrogen and oxygen atoms in total. The molecule has 0 saturated heterocycles. The highest BCUT2D eigenvalue weighted by Gasteiger charge is 2.19. The Hall–Kier alpha value is -1.82. The first-order valence-corrected chi connectivity index (χ1v) is 10.0. The third-order valence-corrected chi connectivity index (χ3v) is 5.35. The van der Waals surface area contributed by atoms with Crippen molar-refractivity contribution in [3.63, 3.8) is 0 Å². The second-order valence-corrected chi connectivity index (χ2v) is 7.83. The van der Waals surface area contributed by atoms with Gasteiger partial charge in [-0.15, -0.1) is 6.58 Å². The number of rotatable bonds is 7. The van der Waals surface area contributed by atoms with Crippen LogP contribution in [-0.2, 0) is 0 Å². The molecule has 0 bridgehead atoms. The third-order valence-electron chi connectivity index (χ3n) is 3.35. The predicted molar refractivity (Wildman–Crippen MR) is 104 cm³/mol. The number of nitrogens with zero attached hydrogens (tertiary/aromatic N) is 1. The van der Waals surface area contributed by atoms with Gasteiger partial charge in [-0.2, -0.15) is 0 Å².